The summed E-state index contributed by atoms with van der Waals surface area (Å²) in [5.74, 6) is -0.260. The highest BCUT2D eigenvalue weighted by atomic mass is 32.2. The molecule has 1 saturated carbocycles. The lowest BCUT2D eigenvalue weighted by Crippen LogP contribution is -2.35. The maximum absolute atomic E-state index is 13.2. The smallest absolute Gasteiger partial charge is 0.183 e. The van der Waals surface area contributed by atoms with Gasteiger partial charge < -0.3 is 10.5 Å². The van der Waals surface area contributed by atoms with E-state index in [-0.39, 0.29) is 12.5 Å². The fourth-order valence-electron chi connectivity index (χ4n) is 3.63. The number of sulfone groups is 1. The SMILES string of the molecule is CCc1ccc(C2C(S(=O)(=O)c3ccc(C)cc3)C2(N)COC)cc1. The van der Waals surface area contributed by atoms with E-state index in [1.54, 1.807) is 19.2 Å². The molecule has 2 aromatic rings. The Hall–Kier alpha value is -1.69. The van der Waals surface area contributed by atoms with Gasteiger partial charge in [-0.15, -0.1) is 0 Å². The molecule has 3 unspecified atom stereocenters. The van der Waals surface area contributed by atoms with Crippen molar-refractivity contribution in [3.8, 4) is 0 Å². The standard InChI is InChI=1S/C20H25NO3S/c1-4-15-7-9-16(10-8-15)18-19(20(18,21)13-24-3)25(22,23)17-11-5-14(2)6-12-17/h5-12,18-19H,4,13,21H2,1-3H3. The number of ether oxygens (including phenoxy) is 1. The van der Waals surface area contributed by atoms with Gasteiger partial charge in [0.05, 0.1) is 22.3 Å². The van der Waals surface area contributed by atoms with Crippen LogP contribution in [0.5, 0.6) is 0 Å². The minimum absolute atomic E-state index is 0.211. The summed E-state index contributed by atoms with van der Waals surface area (Å²) in [6.45, 7) is 4.24. The summed E-state index contributed by atoms with van der Waals surface area (Å²) in [6.07, 6.45) is 0.946. The van der Waals surface area contributed by atoms with Crippen LogP contribution in [0.1, 0.15) is 29.5 Å². The van der Waals surface area contributed by atoms with Gasteiger partial charge >= 0.3 is 0 Å². The fourth-order valence-corrected chi connectivity index (χ4v) is 5.92. The van der Waals surface area contributed by atoms with Crippen molar-refractivity contribution in [3.05, 3.63) is 65.2 Å². The molecule has 3 atom stereocenters. The average Bonchev–Trinajstić information content (AvgIpc) is 3.22. The van der Waals surface area contributed by atoms with Crippen molar-refractivity contribution in [1.82, 2.24) is 0 Å². The summed E-state index contributed by atoms with van der Waals surface area (Å²) in [5, 5.41) is -0.671. The van der Waals surface area contributed by atoms with Gasteiger partial charge in [0, 0.05) is 13.0 Å². The Bertz CT molecular complexity index is 844. The van der Waals surface area contributed by atoms with E-state index in [1.165, 1.54) is 5.56 Å². The van der Waals surface area contributed by atoms with Gasteiger partial charge in [-0.25, -0.2) is 8.42 Å². The molecule has 2 N–H and O–H groups in total. The molecule has 134 valence electrons. The van der Waals surface area contributed by atoms with Gasteiger partial charge in [-0.1, -0.05) is 48.9 Å². The van der Waals surface area contributed by atoms with Crippen LogP contribution in [-0.2, 0) is 21.0 Å². The van der Waals surface area contributed by atoms with Gasteiger partial charge in [0.25, 0.3) is 0 Å². The minimum Gasteiger partial charge on any atom is -0.383 e. The Morgan fingerprint density at radius 2 is 1.68 bits per heavy atom. The number of aryl methyl sites for hydroxylation is 2. The third-order valence-electron chi connectivity index (χ3n) is 5.13. The van der Waals surface area contributed by atoms with Crippen LogP contribution in [0.15, 0.2) is 53.4 Å². The molecule has 2 aromatic carbocycles. The van der Waals surface area contributed by atoms with Crippen molar-refractivity contribution in [3.63, 3.8) is 0 Å². The van der Waals surface area contributed by atoms with Crippen LogP contribution in [0.4, 0.5) is 0 Å². The van der Waals surface area contributed by atoms with Crippen LogP contribution in [0, 0.1) is 6.92 Å². The third-order valence-corrected chi connectivity index (χ3v) is 7.44. The van der Waals surface area contributed by atoms with Crippen molar-refractivity contribution in [2.24, 2.45) is 5.73 Å². The maximum atomic E-state index is 13.2. The lowest BCUT2D eigenvalue weighted by Gasteiger charge is -2.11. The second kappa shape index (κ2) is 6.56. The summed E-state index contributed by atoms with van der Waals surface area (Å²) < 4.78 is 31.6. The van der Waals surface area contributed by atoms with Crippen molar-refractivity contribution < 1.29 is 13.2 Å². The normalized spacial score (nSPS) is 25.8. The number of benzene rings is 2. The van der Waals surface area contributed by atoms with Gasteiger partial charge in [-0.3, -0.25) is 0 Å². The first kappa shape index (κ1) is 18.1. The largest absolute Gasteiger partial charge is 0.383 e. The van der Waals surface area contributed by atoms with E-state index in [0.29, 0.717) is 4.90 Å². The van der Waals surface area contributed by atoms with E-state index in [4.69, 9.17) is 10.5 Å². The fraction of sp³-hybridized carbons (Fsp3) is 0.400. The average molecular weight is 359 g/mol. The maximum Gasteiger partial charge on any atom is 0.183 e. The highest BCUT2D eigenvalue weighted by Crippen LogP contribution is 2.55. The van der Waals surface area contributed by atoms with Gasteiger partial charge in [0.2, 0.25) is 0 Å². The van der Waals surface area contributed by atoms with E-state index >= 15 is 0 Å². The molecule has 0 heterocycles. The first-order valence-electron chi connectivity index (χ1n) is 8.52. The molecule has 0 aromatic heterocycles. The summed E-state index contributed by atoms with van der Waals surface area (Å²) in [7, 11) is -1.98. The Morgan fingerprint density at radius 1 is 1.08 bits per heavy atom. The Kier molecular flexibility index (Phi) is 4.75. The zero-order valence-electron chi connectivity index (χ0n) is 14.9. The van der Waals surface area contributed by atoms with Crippen molar-refractivity contribution in [2.45, 2.75) is 41.9 Å². The van der Waals surface area contributed by atoms with Gasteiger partial charge in [-0.2, -0.15) is 0 Å². The van der Waals surface area contributed by atoms with Crippen LogP contribution in [0.25, 0.3) is 0 Å². The molecule has 5 heteroatoms. The minimum atomic E-state index is -3.53. The lowest BCUT2D eigenvalue weighted by atomic mass is 10.0. The molecule has 0 bridgehead atoms. The second-order valence-corrected chi connectivity index (χ2v) is 8.97. The van der Waals surface area contributed by atoms with E-state index in [9.17, 15) is 8.42 Å². The molecular formula is C20H25NO3S. The van der Waals surface area contributed by atoms with E-state index in [1.807, 2.05) is 43.3 Å². The van der Waals surface area contributed by atoms with Crippen LogP contribution in [0.2, 0.25) is 0 Å². The monoisotopic (exact) mass is 359 g/mol. The molecule has 0 radical (unpaired) electrons. The molecule has 3 rings (SSSR count). The van der Waals surface area contributed by atoms with E-state index in [2.05, 4.69) is 6.92 Å². The van der Waals surface area contributed by atoms with Crippen molar-refractivity contribution >= 4 is 9.84 Å². The first-order chi connectivity index (χ1) is 11.8. The highest BCUT2D eigenvalue weighted by Gasteiger charge is 2.69. The second-order valence-electron chi connectivity index (χ2n) is 6.90. The summed E-state index contributed by atoms with van der Waals surface area (Å²) in [4.78, 5) is 0.321. The van der Waals surface area contributed by atoms with E-state index < -0.39 is 20.6 Å². The van der Waals surface area contributed by atoms with Crippen LogP contribution < -0.4 is 5.73 Å². The van der Waals surface area contributed by atoms with Crippen LogP contribution in [-0.4, -0.2) is 32.9 Å². The Balaban J connectivity index is 1.99. The number of nitrogens with two attached hydrogens (primary N) is 1. The quantitative estimate of drug-likeness (QED) is 0.861. The Labute approximate surface area is 149 Å². The number of rotatable bonds is 6. The van der Waals surface area contributed by atoms with Gasteiger partial charge in [-0.05, 0) is 36.6 Å². The summed E-state index contributed by atoms with van der Waals surface area (Å²) in [5.41, 5.74) is 8.80. The molecule has 0 saturated heterocycles. The molecule has 25 heavy (non-hydrogen) atoms. The zero-order chi connectivity index (χ0) is 18.2. The summed E-state index contributed by atoms with van der Waals surface area (Å²) in [6, 6.07) is 15.0. The Morgan fingerprint density at radius 3 is 2.20 bits per heavy atom. The van der Waals surface area contributed by atoms with Crippen molar-refractivity contribution in [2.75, 3.05) is 13.7 Å². The summed E-state index contributed by atoms with van der Waals surface area (Å²) >= 11 is 0. The van der Waals surface area contributed by atoms with Crippen molar-refractivity contribution in [1.29, 1.82) is 0 Å². The molecule has 0 spiro atoms. The van der Waals surface area contributed by atoms with Gasteiger partial charge in [0.15, 0.2) is 9.84 Å². The number of hydrogen-bond donors (Lipinski definition) is 1. The third kappa shape index (κ3) is 3.12. The molecule has 1 aliphatic rings. The molecule has 0 aliphatic heterocycles. The molecular weight excluding hydrogens is 334 g/mol. The highest BCUT2D eigenvalue weighted by molar-refractivity contribution is 7.92. The van der Waals surface area contributed by atoms with Crippen LogP contribution >= 0.6 is 0 Å². The molecule has 4 nitrogen and oxygen atoms in total. The predicted molar refractivity (Wildman–Crippen MR) is 99.5 cm³/mol. The van der Waals surface area contributed by atoms with Crippen LogP contribution in [0.3, 0.4) is 0 Å². The lowest BCUT2D eigenvalue weighted by molar-refractivity contribution is 0.171. The molecule has 1 fully saturated rings. The van der Waals surface area contributed by atoms with E-state index in [0.717, 1.165) is 17.5 Å². The van der Waals surface area contributed by atoms with Gasteiger partial charge in [0.1, 0.15) is 0 Å². The first-order valence-corrected chi connectivity index (χ1v) is 10.1. The molecule has 1 aliphatic carbocycles. The molecule has 0 amide bonds. The topological polar surface area (TPSA) is 69.4 Å². The zero-order valence-corrected chi connectivity index (χ0v) is 15.7. The number of methoxy groups -OCH3 is 1. The number of hydrogen-bond acceptors (Lipinski definition) is 4. The predicted octanol–water partition coefficient (Wildman–Crippen LogP) is 2.84.